The van der Waals surface area contributed by atoms with Crippen molar-refractivity contribution < 1.29 is 0 Å². The number of hydrazine groups is 1. The summed E-state index contributed by atoms with van der Waals surface area (Å²) in [6.45, 7) is 2.08. The average molecular weight is 231 g/mol. The maximum Gasteiger partial charge on any atom is 0.211 e. The minimum Gasteiger partial charge on any atom is -0.279 e. The molecule has 5 nitrogen and oxygen atoms in total. The Morgan fingerprint density at radius 1 is 1.31 bits per heavy atom. The number of nitrogens with zero attached hydrogens (tertiary/aromatic N) is 4. The zero-order chi connectivity index (χ0) is 11.0. The number of thiazole rings is 1. The predicted octanol–water partition coefficient (Wildman–Crippen LogP) is 1.90. The Morgan fingerprint density at radius 2 is 2.25 bits per heavy atom. The summed E-state index contributed by atoms with van der Waals surface area (Å²) in [7, 11) is 0. The standard InChI is InChI=1S/C10H9N5S/c1-7-2-3-8-9(4-7)16-10(14-8)15-6-12-11-5-13-15/h2-6H,1H3,(H,11,13). The highest BCUT2D eigenvalue weighted by Crippen LogP contribution is 2.28. The van der Waals surface area contributed by atoms with Crippen LogP contribution in [0.25, 0.3) is 10.2 Å². The molecule has 0 amide bonds. The number of hydrogen-bond acceptors (Lipinski definition) is 6. The molecule has 1 N–H and O–H groups in total. The van der Waals surface area contributed by atoms with Crippen molar-refractivity contribution in [3.63, 3.8) is 0 Å². The molecule has 2 aromatic rings. The third kappa shape index (κ3) is 1.53. The molecule has 6 heteroatoms. The van der Waals surface area contributed by atoms with Crippen LogP contribution in [0.1, 0.15) is 5.56 Å². The fourth-order valence-electron chi connectivity index (χ4n) is 1.46. The molecule has 0 spiro atoms. The smallest absolute Gasteiger partial charge is 0.211 e. The van der Waals surface area contributed by atoms with E-state index in [2.05, 4.69) is 39.7 Å². The molecule has 0 bridgehead atoms. The third-order valence-corrected chi connectivity index (χ3v) is 3.24. The lowest BCUT2D eigenvalue weighted by molar-refractivity contribution is 0.948. The van der Waals surface area contributed by atoms with Gasteiger partial charge in [-0.25, -0.2) is 9.99 Å². The summed E-state index contributed by atoms with van der Waals surface area (Å²) in [5, 5.41) is 10.1. The molecule has 16 heavy (non-hydrogen) atoms. The quantitative estimate of drug-likeness (QED) is 0.815. The highest BCUT2D eigenvalue weighted by atomic mass is 32.1. The maximum atomic E-state index is 4.51. The molecule has 1 aliphatic heterocycles. The number of hydrogen-bond donors (Lipinski definition) is 1. The maximum absolute atomic E-state index is 4.51. The number of anilines is 1. The van der Waals surface area contributed by atoms with Crippen LogP contribution in [0.15, 0.2) is 28.4 Å². The molecule has 3 rings (SSSR count). The molecular formula is C10H9N5S. The zero-order valence-electron chi connectivity index (χ0n) is 8.58. The van der Waals surface area contributed by atoms with Gasteiger partial charge in [-0.15, -0.1) is 10.2 Å². The molecular weight excluding hydrogens is 222 g/mol. The Kier molecular flexibility index (Phi) is 2.07. The number of aromatic nitrogens is 1. The first-order valence-corrected chi connectivity index (χ1v) is 5.62. The molecule has 80 valence electrons. The van der Waals surface area contributed by atoms with Crippen LogP contribution in [0.3, 0.4) is 0 Å². The predicted molar refractivity (Wildman–Crippen MR) is 67.0 cm³/mol. The molecule has 0 aliphatic carbocycles. The minimum absolute atomic E-state index is 0.857. The van der Waals surface area contributed by atoms with Crippen molar-refractivity contribution in [2.75, 3.05) is 5.01 Å². The van der Waals surface area contributed by atoms with Crippen molar-refractivity contribution >= 4 is 39.4 Å². The van der Waals surface area contributed by atoms with Gasteiger partial charge in [0.25, 0.3) is 0 Å². The van der Waals surface area contributed by atoms with Gasteiger partial charge in [-0.05, 0) is 24.6 Å². The van der Waals surface area contributed by atoms with Crippen LogP contribution in [0, 0.1) is 6.92 Å². The van der Waals surface area contributed by atoms with Gasteiger partial charge in [0.15, 0.2) is 0 Å². The lowest BCUT2D eigenvalue weighted by Crippen LogP contribution is -2.37. The lowest BCUT2D eigenvalue weighted by Gasteiger charge is -2.15. The Bertz CT molecular complexity index is 586. The van der Waals surface area contributed by atoms with Crippen LogP contribution in [0.2, 0.25) is 0 Å². The van der Waals surface area contributed by atoms with Crippen LogP contribution in [0.5, 0.6) is 0 Å². The molecule has 0 saturated heterocycles. The van der Waals surface area contributed by atoms with Crippen LogP contribution in [-0.4, -0.2) is 17.7 Å². The van der Waals surface area contributed by atoms with E-state index in [1.165, 1.54) is 16.6 Å². The second-order valence-corrected chi connectivity index (χ2v) is 4.45. The van der Waals surface area contributed by atoms with E-state index in [0.29, 0.717) is 0 Å². The first-order valence-electron chi connectivity index (χ1n) is 4.80. The van der Waals surface area contributed by atoms with Crippen molar-refractivity contribution in [3.05, 3.63) is 23.8 Å². The van der Waals surface area contributed by atoms with E-state index in [1.54, 1.807) is 22.7 Å². The second-order valence-electron chi connectivity index (χ2n) is 3.44. The summed E-state index contributed by atoms with van der Waals surface area (Å²) in [5.74, 6) is 0. The minimum atomic E-state index is 0.857. The van der Waals surface area contributed by atoms with Gasteiger partial charge in [-0.3, -0.25) is 5.43 Å². The Hall–Kier alpha value is -1.95. The van der Waals surface area contributed by atoms with Crippen molar-refractivity contribution in [1.82, 2.24) is 10.4 Å². The van der Waals surface area contributed by atoms with E-state index >= 15 is 0 Å². The van der Waals surface area contributed by atoms with Gasteiger partial charge in [-0.1, -0.05) is 17.4 Å². The Labute approximate surface area is 96.1 Å². The molecule has 0 atom stereocenters. The van der Waals surface area contributed by atoms with Crippen LogP contribution in [0.4, 0.5) is 5.13 Å². The van der Waals surface area contributed by atoms with Gasteiger partial charge >= 0.3 is 0 Å². The summed E-state index contributed by atoms with van der Waals surface area (Å²) < 4.78 is 1.17. The molecule has 1 aromatic heterocycles. The number of nitrogens with one attached hydrogen (secondary N) is 1. The third-order valence-electron chi connectivity index (χ3n) is 2.23. The van der Waals surface area contributed by atoms with Crippen molar-refractivity contribution in [2.45, 2.75) is 6.92 Å². The van der Waals surface area contributed by atoms with Gasteiger partial charge in [0, 0.05) is 0 Å². The van der Waals surface area contributed by atoms with Crippen LogP contribution >= 0.6 is 11.3 Å². The molecule has 2 heterocycles. The molecule has 1 aliphatic rings. The van der Waals surface area contributed by atoms with E-state index in [0.717, 1.165) is 10.6 Å². The first-order chi connectivity index (χ1) is 7.83. The van der Waals surface area contributed by atoms with Crippen molar-refractivity contribution in [2.24, 2.45) is 10.2 Å². The lowest BCUT2D eigenvalue weighted by atomic mass is 10.2. The van der Waals surface area contributed by atoms with Crippen LogP contribution in [-0.2, 0) is 0 Å². The van der Waals surface area contributed by atoms with Crippen LogP contribution < -0.4 is 10.4 Å². The average Bonchev–Trinajstić information content (AvgIpc) is 2.73. The topological polar surface area (TPSA) is 52.9 Å². The fraction of sp³-hybridized carbons (Fsp3) is 0.100. The van der Waals surface area contributed by atoms with E-state index in [-0.39, 0.29) is 0 Å². The largest absolute Gasteiger partial charge is 0.279 e. The summed E-state index contributed by atoms with van der Waals surface area (Å²) >= 11 is 1.62. The van der Waals surface area contributed by atoms with E-state index < -0.39 is 0 Å². The number of rotatable bonds is 1. The highest BCUT2D eigenvalue weighted by Gasteiger charge is 2.10. The summed E-state index contributed by atoms with van der Waals surface area (Å²) in [6, 6.07) is 6.22. The molecule has 0 fully saturated rings. The highest BCUT2D eigenvalue weighted by molar-refractivity contribution is 7.22. The molecule has 0 saturated carbocycles. The fourth-order valence-corrected chi connectivity index (χ4v) is 2.47. The summed E-state index contributed by atoms with van der Waals surface area (Å²) in [6.07, 6.45) is 3.13. The number of fused-ring (bicyclic) bond motifs is 1. The van der Waals surface area contributed by atoms with Gasteiger partial charge < -0.3 is 0 Å². The van der Waals surface area contributed by atoms with Gasteiger partial charge in [0.2, 0.25) is 5.13 Å². The second kappa shape index (κ2) is 3.57. The summed E-state index contributed by atoms with van der Waals surface area (Å²) in [5.41, 5.74) is 5.19. The molecule has 1 aromatic carbocycles. The van der Waals surface area contributed by atoms with Gasteiger partial charge in [0.05, 0.1) is 10.2 Å². The van der Waals surface area contributed by atoms with E-state index in [4.69, 9.17) is 0 Å². The summed E-state index contributed by atoms with van der Waals surface area (Å²) in [4.78, 5) is 4.51. The molecule has 0 radical (unpaired) electrons. The van der Waals surface area contributed by atoms with Crippen molar-refractivity contribution in [1.29, 1.82) is 0 Å². The Balaban J connectivity index is 2.05. The van der Waals surface area contributed by atoms with Gasteiger partial charge in [-0.2, -0.15) is 0 Å². The van der Waals surface area contributed by atoms with Gasteiger partial charge in [0.1, 0.15) is 12.7 Å². The normalized spacial score (nSPS) is 14.4. The SMILES string of the molecule is Cc1ccc2nc(N3C=NN=CN3)sc2c1. The monoisotopic (exact) mass is 231 g/mol. The van der Waals surface area contributed by atoms with Crippen molar-refractivity contribution in [3.8, 4) is 0 Å². The molecule has 0 unspecified atom stereocenters. The number of aryl methyl sites for hydroxylation is 1. The Morgan fingerprint density at radius 3 is 3.06 bits per heavy atom. The zero-order valence-corrected chi connectivity index (χ0v) is 9.40. The number of benzene rings is 1. The van der Waals surface area contributed by atoms with E-state index in [9.17, 15) is 0 Å². The first kappa shape index (κ1) is 9.29. The van der Waals surface area contributed by atoms with E-state index in [1.807, 2.05) is 6.07 Å².